The minimum atomic E-state index is 0.465. The van der Waals surface area contributed by atoms with E-state index >= 15 is 0 Å². The zero-order chi connectivity index (χ0) is 7.56. The number of rotatable bonds is 1. The van der Waals surface area contributed by atoms with Crippen LogP contribution in [0.25, 0.3) is 6.08 Å². The third kappa shape index (κ3) is 1.62. The van der Waals surface area contributed by atoms with Gasteiger partial charge in [0.15, 0.2) is 5.95 Å². The summed E-state index contributed by atoms with van der Waals surface area (Å²) in [5.41, 5.74) is 7.54. The highest BCUT2D eigenvalue weighted by Crippen LogP contribution is 2.03. The molecule has 0 fully saturated rings. The fourth-order valence-corrected chi connectivity index (χ4v) is 0.736. The molecule has 0 aliphatic heterocycles. The minimum absolute atomic E-state index is 0.465. The first-order valence-electron chi connectivity index (χ1n) is 3.14. The molecular weight excluding hydrogens is 126 g/mol. The van der Waals surface area contributed by atoms with E-state index in [-0.39, 0.29) is 0 Å². The molecule has 0 aliphatic rings. The second-order valence-corrected chi connectivity index (χ2v) is 2.45. The van der Waals surface area contributed by atoms with Crippen molar-refractivity contribution in [2.45, 2.75) is 13.8 Å². The molecule has 0 spiro atoms. The lowest BCUT2D eigenvalue weighted by Gasteiger charge is -1.85. The molecular formula is C7H11N3. The Kier molecular flexibility index (Phi) is 1.76. The van der Waals surface area contributed by atoms with Crippen molar-refractivity contribution in [3.8, 4) is 0 Å². The van der Waals surface area contributed by atoms with Gasteiger partial charge in [0.1, 0.15) is 0 Å². The van der Waals surface area contributed by atoms with Crippen LogP contribution in [-0.4, -0.2) is 9.97 Å². The first-order chi connectivity index (χ1) is 4.68. The second-order valence-electron chi connectivity index (χ2n) is 2.45. The maximum atomic E-state index is 5.36. The Morgan fingerprint density at radius 1 is 1.70 bits per heavy atom. The summed E-state index contributed by atoms with van der Waals surface area (Å²) in [7, 11) is 0. The molecule has 1 aromatic rings. The van der Waals surface area contributed by atoms with Gasteiger partial charge in [-0.25, -0.2) is 4.98 Å². The Morgan fingerprint density at radius 2 is 2.40 bits per heavy atom. The number of aromatic nitrogens is 2. The van der Waals surface area contributed by atoms with Crippen molar-refractivity contribution in [2.24, 2.45) is 0 Å². The highest BCUT2D eigenvalue weighted by molar-refractivity contribution is 5.48. The molecule has 0 amide bonds. The largest absolute Gasteiger partial charge is 0.369 e. The molecule has 0 unspecified atom stereocenters. The average Bonchev–Trinajstić information content (AvgIpc) is 2.13. The summed E-state index contributed by atoms with van der Waals surface area (Å²) in [6.07, 6.45) is 3.70. The average molecular weight is 137 g/mol. The number of nitrogens with one attached hydrogen (secondary N) is 1. The molecule has 1 heterocycles. The molecule has 0 atom stereocenters. The van der Waals surface area contributed by atoms with Gasteiger partial charge in [-0.15, -0.1) is 0 Å². The topological polar surface area (TPSA) is 54.7 Å². The van der Waals surface area contributed by atoms with Crippen LogP contribution in [0.3, 0.4) is 0 Å². The van der Waals surface area contributed by atoms with Gasteiger partial charge in [-0.1, -0.05) is 5.57 Å². The summed E-state index contributed by atoms with van der Waals surface area (Å²) < 4.78 is 0. The monoisotopic (exact) mass is 137 g/mol. The van der Waals surface area contributed by atoms with Gasteiger partial charge in [-0.05, 0) is 19.9 Å². The Labute approximate surface area is 60.0 Å². The van der Waals surface area contributed by atoms with Gasteiger partial charge in [0.05, 0.1) is 11.9 Å². The normalized spacial score (nSPS) is 9.40. The van der Waals surface area contributed by atoms with Crippen molar-refractivity contribution >= 4 is 12.0 Å². The number of nitrogens with two attached hydrogens (primary N) is 1. The molecule has 10 heavy (non-hydrogen) atoms. The van der Waals surface area contributed by atoms with Crippen molar-refractivity contribution in [2.75, 3.05) is 5.73 Å². The van der Waals surface area contributed by atoms with Crippen LogP contribution in [0.4, 0.5) is 5.95 Å². The number of allylic oxidation sites excluding steroid dienone is 1. The number of hydrogen-bond acceptors (Lipinski definition) is 2. The summed E-state index contributed by atoms with van der Waals surface area (Å²) in [4.78, 5) is 6.74. The first-order valence-corrected chi connectivity index (χ1v) is 3.14. The number of anilines is 1. The van der Waals surface area contributed by atoms with E-state index < -0.39 is 0 Å². The minimum Gasteiger partial charge on any atom is -0.369 e. The lowest BCUT2D eigenvalue weighted by molar-refractivity contribution is 1.31. The summed E-state index contributed by atoms with van der Waals surface area (Å²) in [5.74, 6) is 0.465. The molecule has 0 saturated carbocycles. The molecule has 3 N–H and O–H groups in total. The van der Waals surface area contributed by atoms with Crippen molar-refractivity contribution in [3.05, 3.63) is 17.5 Å². The molecule has 3 nitrogen and oxygen atoms in total. The van der Waals surface area contributed by atoms with Gasteiger partial charge >= 0.3 is 0 Å². The second kappa shape index (κ2) is 2.56. The standard InChI is InChI=1S/C7H11N3/c1-5(2)3-6-4-9-7(8)10-6/h3-4H,1-2H3,(H3,8,9,10). The summed E-state index contributed by atoms with van der Waals surface area (Å²) in [5, 5.41) is 0. The van der Waals surface area contributed by atoms with Crippen LogP contribution < -0.4 is 5.73 Å². The van der Waals surface area contributed by atoms with Crippen molar-refractivity contribution in [1.29, 1.82) is 0 Å². The highest BCUT2D eigenvalue weighted by Gasteiger charge is 1.90. The van der Waals surface area contributed by atoms with Crippen molar-refractivity contribution in [1.82, 2.24) is 9.97 Å². The van der Waals surface area contributed by atoms with Crippen molar-refractivity contribution in [3.63, 3.8) is 0 Å². The van der Waals surface area contributed by atoms with E-state index in [0.717, 1.165) is 5.69 Å². The highest BCUT2D eigenvalue weighted by atomic mass is 15.0. The predicted molar refractivity (Wildman–Crippen MR) is 42.3 cm³/mol. The molecule has 1 aromatic heterocycles. The van der Waals surface area contributed by atoms with Crippen LogP contribution in [0.1, 0.15) is 19.5 Å². The number of nitrogen functional groups attached to an aromatic ring is 1. The Bertz CT molecular complexity index is 243. The van der Waals surface area contributed by atoms with Crippen LogP contribution in [0.5, 0.6) is 0 Å². The maximum Gasteiger partial charge on any atom is 0.197 e. The van der Waals surface area contributed by atoms with E-state index in [1.54, 1.807) is 6.20 Å². The van der Waals surface area contributed by atoms with E-state index in [0.29, 0.717) is 5.95 Å². The van der Waals surface area contributed by atoms with Gasteiger partial charge in [-0.2, -0.15) is 0 Å². The fourth-order valence-electron chi connectivity index (χ4n) is 0.736. The van der Waals surface area contributed by atoms with Crippen molar-refractivity contribution < 1.29 is 0 Å². The van der Waals surface area contributed by atoms with Gasteiger partial charge in [0, 0.05) is 0 Å². The molecule has 54 valence electrons. The summed E-state index contributed by atoms with van der Waals surface area (Å²) in [6, 6.07) is 0. The van der Waals surface area contributed by atoms with Crippen LogP contribution in [0.2, 0.25) is 0 Å². The van der Waals surface area contributed by atoms with E-state index in [1.807, 2.05) is 19.9 Å². The van der Waals surface area contributed by atoms with E-state index in [9.17, 15) is 0 Å². The molecule has 0 radical (unpaired) electrons. The zero-order valence-corrected chi connectivity index (χ0v) is 6.18. The first kappa shape index (κ1) is 6.86. The smallest absolute Gasteiger partial charge is 0.197 e. The third-order valence-corrected chi connectivity index (χ3v) is 1.06. The van der Waals surface area contributed by atoms with Crippen LogP contribution in [0.15, 0.2) is 11.8 Å². The number of aromatic amines is 1. The fraction of sp³-hybridized carbons (Fsp3) is 0.286. The molecule has 3 heteroatoms. The summed E-state index contributed by atoms with van der Waals surface area (Å²) in [6.45, 7) is 4.05. The Morgan fingerprint density at radius 3 is 2.80 bits per heavy atom. The van der Waals surface area contributed by atoms with Crippen LogP contribution in [-0.2, 0) is 0 Å². The zero-order valence-electron chi connectivity index (χ0n) is 6.18. The molecule has 0 aliphatic carbocycles. The van der Waals surface area contributed by atoms with Gasteiger partial charge < -0.3 is 10.7 Å². The van der Waals surface area contributed by atoms with E-state index in [4.69, 9.17) is 5.73 Å². The lowest BCUT2D eigenvalue weighted by atomic mass is 10.3. The summed E-state index contributed by atoms with van der Waals surface area (Å²) >= 11 is 0. The number of H-pyrrole nitrogens is 1. The number of imidazole rings is 1. The van der Waals surface area contributed by atoms with E-state index in [2.05, 4.69) is 9.97 Å². The van der Waals surface area contributed by atoms with Crippen LogP contribution in [0, 0.1) is 0 Å². The SMILES string of the molecule is CC(C)=Cc1cnc(N)[nH]1. The van der Waals surface area contributed by atoms with Crippen LogP contribution >= 0.6 is 0 Å². The van der Waals surface area contributed by atoms with Gasteiger partial charge in [0.25, 0.3) is 0 Å². The van der Waals surface area contributed by atoms with Gasteiger partial charge in [-0.3, -0.25) is 0 Å². The third-order valence-electron chi connectivity index (χ3n) is 1.06. The Balaban J connectivity index is 2.86. The van der Waals surface area contributed by atoms with E-state index in [1.165, 1.54) is 5.57 Å². The Hall–Kier alpha value is -1.25. The van der Waals surface area contributed by atoms with Gasteiger partial charge in [0.2, 0.25) is 0 Å². The maximum absolute atomic E-state index is 5.36. The molecule has 0 bridgehead atoms. The number of nitrogens with zero attached hydrogens (tertiary/aromatic N) is 1. The predicted octanol–water partition coefficient (Wildman–Crippen LogP) is 1.42. The quantitative estimate of drug-likeness (QED) is 0.615. The molecule has 0 aromatic carbocycles. The molecule has 1 rings (SSSR count). The number of hydrogen-bond donors (Lipinski definition) is 2. The lowest BCUT2D eigenvalue weighted by Crippen LogP contribution is -1.84. The molecule has 0 saturated heterocycles.